The second-order valence-electron chi connectivity index (χ2n) is 5.67. The molecule has 0 radical (unpaired) electrons. The summed E-state index contributed by atoms with van der Waals surface area (Å²) >= 11 is 0. The molecule has 0 fully saturated rings. The van der Waals surface area contributed by atoms with Crippen LogP contribution in [0.2, 0.25) is 0 Å². The summed E-state index contributed by atoms with van der Waals surface area (Å²) in [5.41, 5.74) is 0.725. The molecule has 0 saturated carbocycles. The van der Waals surface area contributed by atoms with Gasteiger partial charge in [0, 0.05) is 12.8 Å². The summed E-state index contributed by atoms with van der Waals surface area (Å²) in [5.74, 6) is 0. The van der Waals surface area contributed by atoms with E-state index in [-0.39, 0.29) is 0 Å². The highest BCUT2D eigenvalue weighted by atomic mass is 32.2. The van der Waals surface area contributed by atoms with Crippen LogP contribution in [0.5, 0.6) is 0 Å². The van der Waals surface area contributed by atoms with E-state index in [0.29, 0.717) is 4.90 Å². The van der Waals surface area contributed by atoms with Crippen LogP contribution < -0.4 is 5.32 Å². The summed E-state index contributed by atoms with van der Waals surface area (Å²) in [6, 6.07) is 7.12. The second kappa shape index (κ2) is 9.82. The Morgan fingerprint density at radius 3 is 2.10 bits per heavy atom. The van der Waals surface area contributed by atoms with Crippen LogP contribution >= 0.6 is 0 Å². The van der Waals surface area contributed by atoms with E-state index in [1.54, 1.807) is 12.1 Å². The molecule has 0 aliphatic rings. The molecule has 4 heteroatoms. The Bertz CT molecular complexity index is 497. The molecule has 1 rings (SSSR count). The van der Waals surface area contributed by atoms with E-state index >= 15 is 0 Å². The van der Waals surface area contributed by atoms with E-state index in [0.717, 1.165) is 18.7 Å². The fourth-order valence-electron chi connectivity index (χ4n) is 2.42. The standard InChI is InChI=1S/C17H29NO2S/c1-3-4-5-6-7-8-9-12-15-18-16-13-10-11-14-17(16)21(2,19)20/h10-11,13-14,18H,3-9,12,15H2,1-2H3. The average molecular weight is 311 g/mol. The first kappa shape index (κ1) is 18.0. The molecule has 0 aliphatic carbocycles. The number of hydrogen-bond acceptors (Lipinski definition) is 3. The molecule has 21 heavy (non-hydrogen) atoms. The van der Waals surface area contributed by atoms with E-state index in [1.807, 2.05) is 12.1 Å². The van der Waals surface area contributed by atoms with Gasteiger partial charge in [-0.05, 0) is 18.6 Å². The van der Waals surface area contributed by atoms with E-state index in [1.165, 1.54) is 51.2 Å². The van der Waals surface area contributed by atoms with Crippen molar-refractivity contribution in [2.75, 3.05) is 18.1 Å². The summed E-state index contributed by atoms with van der Waals surface area (Å²) in [6.07, 6.45) is 11.5. The fourth-order valence-corrected chi connectivity index (χ4v) is 3.28. The molecule has 0 heterocycles. The first-order chi connectivity index (χ1) is 10.1. The third-order valence-corrected chi connectivity index (χ3v) is 4.79. The van der Waals surface area contributed by atoms with Crippen LogP contribution in [0.15, 0.2) is 29.2 Å². The number of para-hydroxylation sites is 1. The molecule has 3 nitrogen and oxygen atoms in total. The van der Waals surface area contributed by atoms with Crippen molar-refractivity contribution in [3.63, 3.8) is 0 Å². The zero-order chi connectivity index (χ0) is 15.6. The number of anilines is 1. The first-order valence-electron chi connectivity index (χ1n) is 8.08. The number of benzene rings is 1. The van der Waals surface area contributed by atoms with Crippen molar-refractivity contribution in [1.29, 1.82) is 0 Å². The van der Waals surface area contributed by atoms with Crippen molar-refractivity contribution < 1.29 is 8.42 Å². The van der Waals surface area contributed by atoms with Crippen LogP contribution in [0.25, 0.3) is 0 Å². The van der Waals surface area contributed by atoms with Gasteiger partial charge in [0.2, 0.25) is 0 Å². The second-order valence-corrected chi connectivity index (χ2v) is 7.65. The Hall–Kier alpha value is -1.03. The maximum Gasteiger partial charge on any atom is 0.177 e. The fraction of sp³-hybridized carbons (Fsp3) is 0.647. The number of rotatable bonds is 11. The number of sulfone groups is 1. The smallest absolute Gasteiger partial charge is 0.177 e. The maximum atomic E-state index is 11.7. The molecule has 0 bridgehead atoms. The number of hydrogen-bond donors (Lipinski definition) is 1. The molecule has 0 atom stereocenters. The van der Waals surface area contributed by atoms with E-state index in [9.17, 15) is 8.42 Å². The van der Waals surface area contributed by atoms with Crippen LogP contribution in [0, 0.1) is 0 Å². The minimum absolute atomic E-state index is 0.393. The lowest BCUT2D eigenvalue weighted by molar-refractivity contribution is 0.581. The zero-order valence-corrected chi connectivity index (χ0v) is 14.2. The Balaban J connectivity index is 2.22. The largest absolute Gasteiger partial charge is 0.384 e. The summed E-state index contributed by atoms with van der Waals surface area (Å²) in [7, 11) is -3.16. The molecule has 1 aromatic carbocycles. The summed E-state index contributed by atoms with van der Waals surface area (Å²) < 4.78 is 23.3. The average Bonchev–Trinajstić information content (AvgIpc) is 2.45. The van der Waals surface area contributed by atoms with Crippen molar-refractivity contribution in [1.82, 2.24) is 0 Å². The molecule has 0 amide bonds. The molecule has 0 aliphatic heterocycles. The molecule has 0 aromatic heterocycles. The van der Waals surface area contributed by atoms with Gasteiger partial charge in [0.1, 0.15) is 0 Å². The molecule has 1 aromatic rings. The molecule has 0 saturated heterocycles. The van der Waals surface area contributed by atoms with Crippen molar-refractivity contribution in [2.24, 2.45) is 0 Å². The predicted molar refractivity (Wildman–Crippen MR) is 90.7 cm³/mol. The van der Waals surface area contributed by atoms with E-state index < -0.39 is 9.84 Å². The number of nitrogens with one attached hydrogen (secondary N) is 1. The van der Waals surface area contributed by atoms with Gasteiger partial charge >= 0.3 is 0 Å². The third kappa shape index (κ3) is 7.51. The maximum absolute atomic E-state index is 11.7. The molecule has 0 unspecified atom stereocenters. The van der Waals surface area contributed by atoms with Crippen LogP contribution in [-0.4, -0.2) is 21.2 Å². The van der Waals surface area contributed by atoms with Gasteiger partial charge in [-0.2, -0.15) is 0 Å². The minimum Gasteiger partial charge on any atom is -0.384 e. The molecular formula is C17H29NO2S. The first-order valence-corrected chi connectivity index (χ1v) is 9.98. The van der Waals surface area contributed by atoms with Crippen molar-refractivity contribution >= 4 is 15.5 Å². The van der Waals surface area contributed by atoms with Crippen molar-refractivity contribution in [3.8, 4) is 0 Å². The Kier molecular flexibility index (Phi) is 8.43. The summed E-state index contributed by atoms with van der Waals surface area (Å²) in [5, 5.41) is 3.25. The van der Waals surface area contributed by atoms with Crippen molar-refractivity contribution in [2.45, 2.75) is 63.2 Å². The van der Waals surface area contributed by atoms with Gasteiger partial charge in [0.25, 0.3) is 0 Å². The molecule has 120 valence electrons. The number of unbranched alkanes of at least 4 members (excludes halogenated alkanes) is 7. The lowest BCUT2D eigenvalue weighted by Crippen LogP contribution is -2.07. The summed E-state index contributed by atoms with van der Waals surface area (Å²) in [4.78, 5) is 0.393. The van der Waals surface area contributed by atoms with Gasteiger partial charge in [0.15, 0.2) is 9.84 Å². The van der Waals surface area contributed by atoms with Gasteiger partial charge in [-0.15, -0.1) is 0 Å². The van der Waals surface area contributed by atoms with Gasteiger partial charge in [-0.25, -0.2) is 8.42 Å². The normalized spacial score (nSPS) is 11.5. The zero-order valence-electron chi connectivity index (χ0n) is 13.4. The highest BCUT2D eigenvalue weighted by molar-refractivity contribution is 7.90. The lowest BCUT2D eigenvalue weighted by atomic mass is 10.1. The Labute approximate surface area is 130 Å². The summed E-state index contributed by atoms with van der Waals surface area (Å²) in [6.45, 7) is 3.07. The van der Waals surface area contributed by atoms with Crippen LogP contribution in [-0.2, 0) is 9.84 Å². The molecule has 0 spiro atoms. The quantitative estimate of drug-likeness (QED) is 0.605. The topological polar surface area (TPSA) is 46.2 Å². The highest BCUT2D eigenvalue weighted by Crippen LogP contribution is 2.20. The van der Waals surface area contributed by atoms with Gasteiger partial charge in [-0.1, -0.05) is 64.0 Å². The third-order valence-electron chi connectivity index (χ3n) is 3.63. The Morgan fingerprint density at radius 2 is 1.48 bits per heavy atom. The van der Waals surface area contributed by atoms with Gasteiger partial charge < -0.3 is 5.32 Å². The predicted octanol–water partition coefficient (Wildman–Crippen LogP) is 4.64. The van der Waals surface area contributed by atoms with Crippen LogP contribution in [0.3, 0.4) is 0 Å². The lowest BCUT2D eigenvalue weighted by Gasteiger charge is -2.10. The Morgan fingerprint density at radius 1 is 0.905 bits per heavy atom. The van der Waals surface area contributed by atoms with E-state index in [2.05, 4.69) is 12.2 Å². The molecule has 1 N–H and O–H groups in total. The highest BCUT2D eigenvalue weighted by Gasteiger charge is 2.11. The monoisotopic (exact) mass is 311 g/mol. The van der Waals surface area contributed by atoms with Crippen LogP contribution in [0.1, 0.15) is 58.3 Å². The van der Waals surface area contributed by atoms with Gasteiger partial charge in [-0.3, -0.25) is 0 Å². The van der Waals surface area contributed by atoms with Crippen molar-refractivity contribution in [3.05, 3.63) is 24.3 Å². The van der Waals surface area contributed by atoms with E-state index in [4.69, 9.17) is 0 Å². The minimum atomic E-state index is -3.16. The SMILES string of the molecule is CCCCCCCCCCNc1ccccc1S(C)(=O)=O. The molecular weight excluding hydrogens is 282 g/mol. The van der Waals surface area contributed by atoms with Gasteiger partial charge in [0.05, 0.1) is 10.6 Å². The van der Waals surface area contributed by atoms with Crippen LogP contribution in [0.4, 0.5) is 5.69 Å².